The minimum absolute atomic E-state index is 0.106. The molecule has 3 N–H and O–H groups in total. The molecule has 4 heteroatoms. The van der Waals surface area contributed by atoms with E-state index in [1.165, 1.54) is 77.0 Å². The topological polar surface area (TPSA) is 69.6 Å². The van der Waals surface area contributed by atoms with Crippen LogP contribution in [-0.2, 0) is 4.79 Å². The molecule has 0 aliphatic rings. The monoisotopic (exact) mass is 600 g/mol. The molecule has 0 heterocycles. The Morgan fingerprint density at radius 3 is 1.63 bits per heavy atom. The summed E-state index contributed by atoms with van der Waals surface area (Å²) in [5.41, 5.74) is 0. The maximum Gasteiger partial charge on any atom is 0.220 e. The Morgan fingerprint density at radius 2 is 1.05 bits per heavy atom. The molecule has 0 aromatic carbocycles. The van der Waals surface area contributed by atoms with Crippen molar-refractivity contribution in [1.82, 2.24) is 5.32 Å². The molecule has 0 radical (unpaired) electrons. The standard InChI is InChI=1S/C39H69NO3/c1-3-5-7-9-11-13-15-17-18-19-20-21-23-24-26-28-30-32-34-38(42)37(36-41)40-39(43)35-33-31-29-27-25-22-16-14-12-10-8-6-4-2/h6,8,12,14,22,24-26,32,34,37-38,41-42H,3-5,7,9-11,13,15-21,23,27-31,33,35-36H2,1-2H3,(H,40,43)/b8-6-,14-12-,25-22-,26-24+,34-32+. The van der Waals surface area contributed by atoms with Crippen molar-refractivity contribution >= 4 is 5.91 Å². The number of carbonyl (C=O) groups is 1. The fraction of sp³-hybridized carbons (Fsp3) is 0.718. The number of hydrogen-bond donors (Lipinski definition) is 3. The van der Waals surface area contributed by atoms with Gasteiger partial charge in [-0.3, -0.25) is 4.79 Å². The van der Waals surface area contributed by atoms with E-state index >= 15 is 0 Å². The van der Waals surface area contributed by atoms with Crippen LogP contribution in [0, 0.1) is 0 Å². The maximum atomic E-state index is 12.3. The lowest BCUT2D eigenvalue weighted by Crippen LogP contribution is -2.45. The molecule has 0 aromatic rings. The van der Waals surface area contributed by atoms with Gasteiger partial charge in [0.2, 0.25) is 5.91 Å². The van der Waals surface area contributed by atoms with Crippen LogP contribution in [0.2, 0.25) is 0 Å². The summed E-state index contributed by atoms with van der Waals surface area (Å²) in [6.07, 6.45) is 47.4. The van der Waals surface area contributed by atoms with Gasteiger partial charge in [0.1, 0.15) is 0 Å². The summed E-state index contributed by atoms with van der Waals surface area (Å²) in [7, 11) is 0. The van der Waals surface area contributed by atoms with Crippen LogP contribution >= 0.6 is 0 Å². The molecule has 0 aliphatic heterocycles. The van der Waals surface area contributed by atoms with Gasteiger partial charge in [0, 0.05) is 6.42 Å². The Kier molecular flexibility index (Phi) is 33.0. The highest BCUT2D eigenvalue weighted by atomic mass is 16.3. The third-order valence-electron chi connectivity index (χ3n) is 7.73. The van der Waals surface area contributed by atoms with E-state index in [0.717, 1.165) is 64.2 Å². The lowest BCUT2D eigenvalue weighted by molar-refractivity contribution is -0.123. The van der Waals surface area contributed by atoms with Gasteiger partial charge < -0.3 is 15.5 Å². The lowest BCUT2D eigenvalue weighted by atomic mass is 10.0. The van der Waals surface area contributed by atoms with Crippen LogP contribution in [0.15, 0.2) is 60.8 Å². The molecule has 0 spiro atoms. The first-order chi connectivity index (χ1) is 21.2. The Labute approximate surface area is 266 Å². The number of rotatable bonds is 31. The first kappa shape index (κ1) is 41.1. The van der Waals surface area contributed by atoms with Gasteiger partial charge in [0.15, 0.2) is 0 Å². The van der Waals surface area contributed by atoms with Gasteiger partial charge in [0.25, 0.3) is 0 Å². The summed E-state index contributed by atoms with van der Waals surface area (Å²) in [5, 5.41) is 22.8. The van der Waals surface area contributed by atoms with Crippen LogP contribution in [0.3, 0.4) is 0 Å². The van der Waals surface area contributed by atoms with Crippen LogP contribution < -0.4 is 5.32 Å². The second kappa shape index (κ2) is 34.6. The average Bonchev–Trinajstić information content (AvgIpc) is 3.01. The highest BCUT2D eigenvalue weighted by Crippen LogP contribution is 2.13. The van der Waals surface area contributed by atoms with Crippen LogP contribution in [0.5, 0.6) is 0 Å². The molecule has 248 valence electrons. The Morgan fingerprint density at radius 1 is 0.581 bits per heavy atom. The summed E-state index contributed by atoms with van der Waals surface area (Å²) < 4.78 is 0. The van der Waals surface area contributed by atoms with E-state index in [9.17, 15) is 15.0 Å². The number of unbranched alkanes of at least 4 members (excludes halogenated alkanes) is 16. The molecule has 0 aliphatic carbocycles. The van der Waals surface area contributed by atoms with Gasteiger partial charge >= 0.3 is 0 Å². The maximum absolute atomic E-state index is 12.3. The third kappa shape index (κ3) is 31.3. The SMILES string of the molecule is CC/C=C\C/C=C\C/C=C\CCCCCC(=O)NC(CO)C(O)/C=C/CC/C=C/CCCCCCCCCCCCCC. The van der Waals surface area contributed by atoms with Crippen molar-refractivity contribution in [3.8, 4) is 0 Å². The van der Waals surface area contributed by atoms with E-state index in [0.29, 0.717) is 6.42 Å². The molecule has 43 heavy (non-hydrogen) atoms. The Hall–Kier alpha value is -1.91. The van der Waals surface area contributed by atoms with E-state index in [1.54, 1.807) is 6.08 Å². The van der Waals surface area contributed by atoms with Crippen molar-refractivity contribution in [3.63, 3.8) is 0 Å². The summed E-state index contributed by atoms with van der Waals surface area (Å²) >= 11 is 0. The number of amides is 1. The normalized spacial score (nSPS) is 13.9. The van der Waals surface area contributed by atoms with Crippen molar-refractivity contribution in [2.45, 2.75) is 174 Å². The Balaban J connectivity index is 3.74. The predicted molar refractivity (Wildman–Crippen MR) is 188 cm³/mol. The van der Waals surface area contributed by atoms with Gasteiger partial charge in [0.05, 0.1) is 18.8 Å². The van der Waals surface area contributed by atoms with Crippen molar-refractivity contribution in [2.24, 2.45) is 0 Å². The molecule has 0 aromatic heterocycles. The minimum atomic E-state index is -0.874. The van der Waals surface area contributed by atoms with Crippen LogP contribution in [0.25, 0.3) is 0 Å². The van der Waals surface area contributed by atoms with Gasteiger partial charge in [-0.2, -0.15) is 0 Å². The molecule has 0 saturated heterocycles. The largest absolute Gasteiger partial charge is 0.394 e. The second-order valence-electron chi connectivity index (χ2n) is 11.9. The van der Waals surface area contributed by atoms with Crippen molar-refractivity contribution in [1.29, 1.82) is 0 Å². The van der Waals surface area contributed by atoms with E-state index < -0.39 is 12.1 Å². The predicted octanol–water partition coefficient (Wildman–Crippen LogP) is 10.6. The number of hydrogen-bond acceptors (Lipinski definition) is 3. The summed E-state index contributed by atoms with van der Waals surface area (Å²) in [4.78, 5) is 12.3. The summed E-state index contributed by atoms with van der Waals surface area (Å²) in [6.45, 7) is 4.15. The van der Waals surface area contributed by atoms with Crippen molar-refractivity contribution in [3.05, 3.63) is 60.8 Å². The van der Waals surface area contributed by atoms with Gasteiger partial charge in [-0.1, -0.05) is 152 Å². The van der Waals surface area contributed by atoms with Crippen LogP contribution in [0.4, 0.5) is 0 Å². The number of aliphatic hydroxyl groups excluding tert-OH is 2. The van der Waals surface area contributed by atoms with Crippen molar-refractivity contribution < 1.29 is 15.0 Å². The molecular formula is C39H69NO3. The lowest BCUT2D eigenvalue weighted by Gasteiger charge is -2.19. The number of carbonyl (C=O) groups excluding carboxylic acids is 1. The fourth-order valence-electron chi connectivity index (χ4n) is 4.97. The van der Waals surface area contributed by atoms with E-state index in [-0.39, 0.29) is 12.5 Å². The molecular weight excluding hydrogens is 530 g/mol. The van der Waals surface area contributed by atoms with Crippen LogP contribution in [-0.4, -0.2) is 34.9 Å². The van der Waals surface area contributed by atoms with Crippen LogP contribution in [0.1, 0.15) is 162 Å². The first-order valence-electron chi connectivity index (χ1n) is 18.0. The third-order valence-corrected chi connectivity index (χ3v) is 7.73. The van der Waals surface area contributed by atoms with Gasteiger partial charge in [-0.25, -0.2) is 0 Å². The first-order valence-corrected chi connectivity index (χ1v) is 18.0. The fourth-order valence-corrected chi connectivity index (χ4v) is 4.97. The zero-order valence-electron chi connectivity index (χ0n) is 28.2. The molecule has 0 fully saturated rings. The van der Waals surface area contributed by atoms with E-state index in [4.69, 9.17) is 0 Å². The van der Waals surface area contributed by atoms with Gasteiger partial charge in [-0.05, 0) is 64.2 Å². The molecule has 0 rings (SSSR count). The summed E-state index contributed by atoms with van der Waals surface area (Å²) in [6, 6.07) is -0.654. The molecule has 2 unspecified atom stereocenters. The number of aliphatic hydroxyl groups is 2. The minimum Gasteiger partial charge on any atom is -0.394 e. The van der Waals surface area contributed by atoms with Gasteiger partial charge in [-0.15, -0.1) is 0 Å². The second-order valence-corrected chi connectivity index (χ2v) is 11.9. The molecule has 4 nitrogen and oxygen atoms in total. The zero-order valence-corrected chi connectivity index (χ0v) is 28.2. The smallest absolute Gasteiger partial charge is 0.220 e. The molecule has 0 bridgehead atoms. The molecule has 2 atom stereocenters. The zero-order chi connectivity index (χ0) is 31.5. The Bertz CT molecular complexity index is 737. The molecule has 1 amide bonds. The average molecular weight is 600 g/mol. The highest BCUT2D eigenvalue weighted by molar-refractivity contribution is 5.76. The van der Waals surface area contributed by atoms with Crippen molar-refractivity contribution in [2.75, 3.05) is 6.61 Å². The van der Waals surface area contributed by atoms with E-state index in [1.807, 2.05) is 6.08 Å². The summed E-state index contributed by atoms with van der Waals surface area (Å²) in [5.74, 6) is -0.106. The highest BCUT2D eigenvalue weighted by Gasteiger charge is 2.17. The number of nitrogens with one attached hydrogen (secondary N) is 1. The molecule has 0 saturated carbocycles. The quantitative estimate of drug-likeness (QED) is 0.0548. The number of allylic oxidation sites excluding steroid dienone is 9. The van der Waals surface area contributed by atoms with E-state index in [2.05, 4.69) is 67.8 Å².